The molecular formula is C14H20N2O2S. The van der Waals surface area contributed by atoms with Gasteiger partial charge in [-0.25, -0.2) is 0 Å². The number of rotatable bonds is 5. The molecule has 1 aliphatic heterocycles. The lowest BCUT2D eigenvalue weighted by molar-refractivity contribution is -0.00514. The van der Waals surface area contributed by atoms with E-state index in [1.54, 1.807) is 0 Å². The van der Waals surface area contributed by atoms with Crippen LogP contribution in [0.4, 0.5) is 0 Å². The van der Waals surface area contributed by atoms with Crippen molar-refractivity contribution in [1.82, 2.24) is 4.90 Å². The number of nitrogens with zero attached hydrogens (tertiary/aromatic N) is 1. The SMILES string of the molecule is CC1COCCN1CCOc1cccc(C(N)=S)c1. The van der Waals surface area contributed by atoms with Crippen LogP contribution in [-0.2, 0) is 4.74 Å². The standard InChI is InChI=1S/C14H20N2O2S/c1-11-10-17-7-5-16(11)6-8-18-13-4-2-3-12(9-13)14(15)19/h2-4,9,11H,5-8,10H2,1H3,(H2,15,19). The highest BCUT2D eigenvalue weighted by atomic mass is 32.1. The molecule has 0 aliphatic carbocycles. The van der Waals surface area contributed by atoms with Gasteiger partial charge in [0.25, 0.3) is 0 Å². The Bertz CT molecular complexity index is 439. The van der Waals surface area contributed by atoms with Crippen molar-refractivity contribution in [3.8, 4) is 5.75 Å². The molecule has 2 rings (SSSR count). The van der Waals surface area contributed by atoms with Crippen LogP contribution in [0.3, 0.4) is 0 Å². The third-order valence-electron chi connectivity index (χ3n) is 3.27. The van der Waals surface area contributed by atoms with Gasteiger partial charge in [0.1, 0.15) is 17.3 Å². The first-order valence-corrected chi connectivity index (χ1v) is 6.92. The lowest BCUT2D eigenvalue weighted by Gasteiger charge is -2.32. The van der Waals surface area contributed by atoms with Crippen molar-refractivity contribution in [2.75, 3.05) is 32.9 Å². The minimum atomic E-state index is 0.396. The first kappa shape index (κ1) is 14.2. The van der Waals surface area contributed by atoms with Crippen LogP contribution in [0.2, 0.25) is 0 Å². The molecule has 19 heavy (non-hydrogen) atoms. The zero-order valence-corrected chi connectivity index (χ0v) is 12.0. The molecule has 1 fully saturated rings. The van der Waals surface area contributed by atoms with Crippen LogP contribution in [0.5, 0.6) is 5.75 Å². The van der Waals surface area contributed by atoms with Crippen LogP contribution < -0.4 is 10.5 Å². The number of thiocarbonyl (C=S) groups is 1. The van der Waals surface area contributed by atoms with Gasteiger partial charge in [-0.15, -0.1) is 0 Å². The van der Waals surface area contributed by atoms with E-state index in [-0.39, 0.29) is 0 Å². The van der Waals surface area contributed by atoms with Gasteiger partial charge < -0.3 is 15.2 Å². The van der Waals surface area contributed by atoms with E-state index in [0.29, 0.717) is 17.6 Å². The first-order chi connectivity index (χ1) is 9.16. The average Bonchev–Trinajstić information content (AvgIpc) is 2.41. The Morgan fingerprint density at radius 1 is 1.58 bits per heavy atom. The topological polar surface area (TPSA) is 47.7 Å². The summed E-state index contributed by atoms with van der Waals surface area (Å²) in [5.41, 5.74) is 6.44. The molecule has 0 aromatic heterocycles. The highest BCUT2D eigenvalue weighted by Gasteiger charge is 2.18. The molecule has 1 aromatic carbocycles. The molecule has 1 aromatic rings. The number of hydrogen-bond donors (Lipinski definition) is 1. The van der Waals surface area contributed by atoms with Crippen LogP contribution >= 0.6 is 12.2 Å². The van der Waals surface area contributed by atoms with E-state index >= 15 is 0 Å². The maximum atomic E-state index is 5.75. The fourth-order valence-electron chi connectivity index (χ4n) is 2.11. The molecule has 0 saturated carbocycles. The molecule has 1 saturated heterocycles. The van der Waals surface area contributed by atoms with Crippen molar-refractivity contribution in [2.24, 2.45) is 5.73 Å². The van der Waals surface area contributed by atoms with Crippen LogP contribution in [0.25, 0.3) is 0 Å². The van der Waals surface area contributed by atoms with E-state index in [0.717, 1.165) is 37.6 Å². The molecule has 0 amide bonds. The fourth-order valence-corrected chi connectivity index (χ4v) is 2.24. The van der Waals surface area contributed by atoms with Gasteiger partial charge in [0.2, 0.25) is 0 Å². The van der Waals surface area contributed by atoms with Gasteiger partial charge in [-0.05, 0) is 19.1 Å². The summed E-state index contributed by atoms with van der Waals surface area (Å²) in [6.45, 7) is 6.31. The number of morpholine rings is 1. The normalized spacial score (nSPS) is 20.2. The smallest absolute Gasteiger partial charge is 0.120 e. The van der Waals surface area contributed by atoms with Crippen LogP contribution in [0, 0.1) is 0 Å². The Morgan fingerprint density at radius 3 is 3.16 bits per heavy atom. The summed E-state index contributed by atoms with van der Waals surface area (Å²) in [5.74, 6) is 0.811. The predicted molar refractivity (Wildman–Crippen MR) is 79.7 cm³/mol. The molecular weight excluding hydrogens is 260 g/mol. The summed E-state index contributed by atoms with van der Waals surface area (Å²) >= 11 is 4.95. The van der Waals surface area contributed by atoms with E-state index in [4.69, 9.17) is 27.4 Å². The zero-order chi connectivity index (χ0) is 13.7. The lowest BCUT2D eigenvalue weighted by atomic mass is 10.2. The molecule has 104 valence electrons. The minimum absolute atomic E-state index is 0.396. The van der Waals surface area contributed by atoms with Gasteiger partial charge in [0.05, 0.1) is 13.2 Å². The third-order valence-corrected chi connectivity index (χ3v) is 3.51. The number of ether oxygens (including phenoxy) is 2. The second kappa shape index (κ2) is 6.84. The Hall–Kier alpha value is -1.17. The first-order valence-electron chi connectivity index (χ1n) is 6.51. The quantitative estimate of drug-likeness (QED) is 0.827. The third kappa shape index (κ3) is 4.16. The summed E-state index contributed by atoms with van der Waals surface area (Å²) in [6, 6.07) is 8.05. The van der Waals surface area contributed by atoms with E-state index < -0.39 is 0 Å². The molecule has 1 aliphatic rings. The molecule has 5 heteroatoms. The van der Waals surface area contributed by atoms with Gasteiger partial charge >= 0.3 is 0 Å². The number of nitrogens with two attached hydrogens (primary N) is 1. The second-order valence-electron chi connectivity index (χ2n) is 4.70. The second-order valence-corrected chi connectivity index (χ2v) is 5.14. The summed E-state index contributed by atoms with van der Waals surface area (Å²) in [5, 5.41) is 0. The zero-order valence-electron chi connectivity index (χ0n) is 11.2. The average molecular weight is 280 g/mol. The molecule has 0 bridgehead atoms. The van der Waals surface area contributed by atoms with Gasteiger partial charge in [0, 0.05) is 24.7 Å². The molecule has 0 spiro atoms. The van der Waals surface area contributed by atoms with Gasteiger partial charge in [-0.3, -0.25) is 4.90 Å². The maximum absolute atomic E-state index is 5.75. The Balaban J connectivity index is 1.82. The number of benzene rings is 1. The van der Waals surface area contributed by atoms with Crippen molar-refractivity contribution < 1.29 is 9.47 Å². The van der Waals surface area contributed by atoms with E-state index in [9.17, 15) is 0 Å². The minimum Gasteiger partial charge on any atom is -0.492 e. The van der Waals surface area contributed by atoms with Crippen molar-refractivity contribution in [3.05, 3.63) is 29.8 Å². The predicted octanol–water partition coefficient (Wildman–Crippen LogP) is 1.42. The Labute approximate surface area is 119 Å². The summed E-state index contributed by atoms with van der Waals surface area (Å²) in [6.07, 6.45) is 0. The van der Waals surface area contributed by atoms with Crippen molar-refractivity contribution >= 4 is 17.2 Å². The van der Waals surface area contributed by atoms with Crippen molar-refractivity contribution in [1.29, 1.82) is 0 Å². The van der Waals surface area contributed by atoms with E-state index in [1.165, 1.54) is 0 Å². The van der Waals surface area contributed by atoms with E-state index in [1.807, 2.05) is 24.3 Å². The molecule has 4 nitrogen and oxygen atoms in total. The van der Waals surface area contributed by atoms with Gasteiger partial charge in [0.15, 0.2) is 0 Å². The molecule has 1 unspecified atom stereocenters. The molecule has 1 atom stereocenters. The molecule has 0 radical (unpaired) electrons. The van der Waals surface area contributed by atoms with Gasteiger partial charge in [-0.1, -0.05) is 24.4 Å². The molecule has 1 heterocycles. The highest BCUT2D eigenvalue weighted by Crippen LogP contribution is 2.13. The highest BCUT2D eigenvalue weighted by molar-refractivity contribution is 7.80. The Kier molecular flexibility index (Phi) is 5.13. The van der Waals surface area contributed by atoms with Crippen molar-refractivity contribution in [3.63, 3.8) is 0 Å². The van der Waals surface area contributed by atoms with Gasteiger partial charge in [-0.2, -0.15) is 0 Å². The maximum Gasteiger partial charge on any atom is 0.120 e. The summed E-state index contributed by atoms with van der Waals surface area (Å²) in [4.78, 5) is 2.77. The van der Waals surface area contributed by atoms with Crippen molar-refractivity contribution in [2.45, 2.75) is 13.0 Å². The Morgan fingerprint density at radius 2 is 2.42 bits per heavy atom. The van der Waals surface area contributed by atoms with Crippen LogP contribution in [0.1, 0.15) is 12.5 Å². The molecule has 2 N–H and O–H groups in total. The lowest BCUT2D eigenvalue weighted by Crippen LogP contribution is -2.45. The fraction of sp³-hybridized carbons (Fsp3) is 0.500. The monoisotopic (exact) mass is 280 g/mol. The number of hydrogen-bond acceptors (Lipinski definition) is 4. The largest absolute Gasteiger partial charge is 0.492 e. The van der Waals surface area contributed by atoms with Crippen LogP contribution in [0.15, 0.2) is 24.3 Å². The van der Waals surface area contributed by atoms with Crippen LogP contribution in [-0.4, -0.2) is 48.8 Å². The van der Waals surface area contributed by atoms with E-state index in [2.05, 4.69) is 11.8 Å². The summed E-state index contributed by atoms with van der Waals surface area (Å²) < 4.78 is 11.2. The summed E-state index contributed by atoms with van der Waals surface area (Å²) in [7, 11) is 0.